The van der Waals surface area contributed by atoms with Gasteiger partial charge in [0.25, 0.3) is 0 Å². The molecule has 1 aliphatic rings. The van der Waals surface area contributed by atoms with Crippen molar-refractivity contribution in [3.8, 4) is 5.75 Å². The zero-order chi connectivity index (χ0) is 9.97. The Bertz CT molecular complexity index is 331. The summed E-state index contributed by atoms with van der Waals surface area (Å²) in [6, 6.07) is 0.323. The number of nitrogens with one attached hydrogen (secondary N) is 1. The van der Waals surface area contributed by atoms with Gasteiger partial charge in [0.2, 0.25) is 0 Å². The monoisotopic (exact) mass is 195 g/mol. The topological polar surface area (TPSA) is 56.1 Å². The summed E-state index contributed by atoms with van der Waals surface area (Å²) < 4.78 is 6.72. The fourth-order valence-electron chi connectivity index (χ4n) is 1.10. The molecule has 0 unspecified atom stereocenters. The molecule has 14 heavy (non-hydrogen) atoms. The predicted molar refractivity (Wildman–Crippen MR) is 50.1 cm³/mol. The molecule has 1 aliphatic carbocycles. The van der Waals surface area contributed by atoms with E-state index in [1.54, 1.807) is 10.9 Å². The summed E-state index contributed by atoms with van der Waals surface area (Å²) in [6.07, 6.45) is 4.97. The summed E-state index contributed by atoms with van der Waals surface area (Å²) in [7, 11) is 0. The lowest BCUT2D eigenvalue weighted by atomic mass is 10.6. The fourth-order valence-corrected chi connectivity index (χ4v) is 1.10. The highest BCUT2D eigenvalue weighted by Crippen LogP contribution is 2.19. The van der Waals surface area contributed by atoms with Gasteiger partial charge in [-0.3, -0.25) is 4.68 Å². The summed E-state index contributed by atoms with van der Waals surface area (Å²) >= 11 is 0. The molecule has 0 radical (unpaired) electrons. The maximum absolute atomic E-state index is 11.2. The van der Waals surface area contributed by atoms with Crippen molar-refractivity contribution in [3.05, 3.63) is 12.4 Å². The zero-order valence-corrected chi connectivity index (χ0v) is 8.06. The Morgan fingerprint density at radius 2 is 2.57 bits per heavy atom. The molecule has 0 aromatic carbocycles. The van der Waals surface area contributed by atoms with Gasteiger partial charge in [-0.25, -0.2) is 4.79 Å². The number of carbonyl (C=O) groups excluding carboxylic acids is 1. The van der Waals surface area contributed by atoms with Crippen LogP contribution in [0.5, 0.6) is 5.75 Å². The lowest BCUT2D eigenvalue weighted by Gasteiger charge is -2.01. The molecule has 1 saturated carbocycles. The van der Waals surface area contributed by atoms with E-state index in [2.05, 4.69) is 10.4 Å². The molecular weight excluding hydrogens is 182 g/mol. The number of aromatic nitrogens is 2. The van der Waals surface area contributed by atoms with E-state index in [1.165, 1.54) is 6.20 Å². The quantitative estimate of drug-likeness (QED) is 0.787. The van der Waals surface area contributed by atoms with E-state index in [0.29, 0.717) is 11.8 Å². The molecule has 1 fully saturated rings. The van der Waals surface area contributed by atoms with E-state index >= 15 is 0 Å². The maximum Gasteiger partial charge on any atom is 0.412 e. The molecule has 0 atom stereocenters. The van der Waals surface area contributed by atoms with Crippen LogP contribution in [0.2, 0.25) is 0 Å². The van der Waals surface area contributed by atoms with E-state index in [9.17, 15) is 4.79 Å². The molecule has 2 rings (SSSR count). The molecule has 1 heterocycles. The number of carbonyl (C=O) groups is 1. The van der Waals surface area contributed by atoms with Gasteiger partial charge in [-0.15, -0.1) is 0 Å². The molecular formula is C9H13N3O2. The van der Waals surface area contributed by atoms with Crippen LogP contribution >= 0.6 is 0 Å². The molecule has 1 aromatic rings. The number of hydrogen-bond donors (Lipinski definition) is 1. The van der Waals surface area contributed by atoms with Crippen LogP contribution in [0.4, 0.5) is 4.79 Å². The van der Waals surface area contributed by atoms with Crippen molar-refractivity contribution in [1.29, 1.82) is 0 Å². The first-order valence-corrected chi connectivity index (χ1v) is 4.78. The van der Waals surface area contributed by atoms with Crippen LogP contribution < -0.4 is 10.1 Å². The van der Waals surface area contributed by atoms with Gasteiger partial charge in [-0.1, -0.05) is 0 Å². The van der Waals surface area contributed by atoms with Crippen LogP contribution in [-0.2, 0) is 6.54 Å². The second-order valence-electron chi connectivity index (χ2n) is 3.34. The first-order chi connectivity index (χ1) is 6.78. The summed E-state index contributed by atoms with van der Waals surface area (Å²) in [5, 5.41) is 6.73. The molecule has 5 nitrogen and oxygen atoms in total. The van der Waals surface area contributed by atoms with E-state index < -0.39 is 0 Å². The van der Waals surface area contributed by atoms with Crippen LogP contribution in [0.15, 0.2) is 12.4 Å². The van der Waals surface area contributed by atoms with Crippen molar-refractivity contribution in [2.75, 3.05) is 0 Å². The molecule has 0 saturated heterocycles. The normalized spacial score (nSPS) is 15.2. The zero-order valence-electron chi connectivity index (χ0n) is 8.06. The van der Waals surface area contributed by atoms with Crippen molar-refractivity contribution >= 4 is 6.09 Å². The van der Waals surface area contributed by atoms with Gasteiger partial charge < -0.3 is 10.1 Å². The molecule has 0 aliphatic heterocycles. The second-order valence-corrected chi connectivity index (χ2v) is 3.34. The third-order valence-electron chi connectivity index (χ3n) is 2.04. The van der Waals surface area contributed by atoms with E-state index in [0.717, 1.165) is 19.4 Å². The molecule has 1 aromatic heterocycles. The molecule has 5 heteroatoms. The molecule has 0 spiro atoms. The van der Waals surface area contributed by atoms with Gasteiger partial charge in [0.05, 0.1) is 12.4 Å². The van der Waals surface area contributed by atoms with Crippen LogP contribution in [0.25, 0.3) is 0 Å². The Morgan fingerprint density at radius 1 is 1.79 bits per heavy atom. The number of hydrogen-bond acceptors (Lipinski definition) is 3. The van der Waals surface area contributed by atoms with Crippen molar-refractivity contribution in [2.45, 2.75) is 32.4 Å². The minimum atomic E-state index is -0.386. The Kier molecular flexibility index (Phi) is 2.39. The van der Waals surface area contributed by atoms with Crippen LogP contribution in [0, 0.1) is 0 Å². The molecule has 0 bridgehead atoms. The Morgan fingerprint density at radius 3 is 3.14 bits per heavy atom. The number of rotatable bonds is 3. The highest BCUT2D eigenvalue weighted by atomic mass is 16.6. The highest BCUT2D eigenvalue weighted by molar-refractivity contribution is 5.70. The van der Waals surface area contributed by atoms with Gasteiger partial charge in [0, 0.05) is 12.6 Å². The number of nitrogens with zero attached hydrogens (tertiary/aromatic N) is 2. The SMILES string of the molecule is CCn1cc(OC(=O)NC2CC2)cn1. The fraction of sp³-hybridized carbons (Fsp3) is 0.556. The maximum atomic E-state index is 11.2. The number of amides is 1. The number of aryl methyl sites for hydroxylation is 1. The third kappa shape index (κ3) is 2.25. The predicted octanol–water partition coefficient (Wildman–Crippen LogP) is 1.15. The second kappa shape index (κ2) is 3.69. The standard InChI is InChI=1S/C9H13N3O2/c1-2-12-6-8(5-10-12)14-9(13)11-7-3-4-7/h5-7H,2-4H2,1H3,(H,11,13). The van der Waals surface area contributed by atoms with E-state index in [1.807, 2.05) is 6.92 Å². The van der Waals surface area contributed by atoms with Gasteiger partial charge in [-0.05, 0) is 19.8 Å². The minimum absolute atomic E-state index is 0.323. The van der Waals surface area contributed by atoms with Crippen molar-refractivity contribution in [3.63, 3.8) is 0 Å². The van der Waals surface area contributed by atoms with Gasteiger partial charge in [0.15, 0.2) is 5.75 Å². The van der Waals surface area contributed by atoms with Crippen molar-refractivity contribution in [2.24, 2.45) is 0 Å². The molecule has 76 valence electrons. The minimum Gasteiger partial charge on any atom is -0.407 e. The Labute approximate surface area is 82.0 Å². The van der Waals surface area contributed by atoms with Crippen LogP contribution in [-0.4, -0.2) is 21.9 Å². The summed E-state index contributed by atoms with van der Waals surface area (Å²) in [4.78, 5) is 11.2. The highest BCUT2D eigenvalue weighted by Gasteiger charge is 2.24. The van der Waals surface area contributed by atoms with E-state index in [4.69, 9.17) is 4.74 Å². The smallest absolute Gasteiger partial charge is 0.407 e. The molecule has 1 amide bonds. The van der Waals surface area contributed by atoms with Crippen molar-refractivity contribution in [1.82, 2.24) is 15.1 Å². The third-order valence-corrected chi connectivity index (χ3v) is 2.04. The summed E-state index contributed by atoms with van der Waals surface area (Å²) in [5.74, 6) is 0.491. The lowest BCUT2D eigenvalue weighted by molar-refractivity contribution is 0.200. The average Bonchev–Trinajstić information content (AvgIpc) is 2.83. The van der Waals surface area contributed by atoms with Gasteiger partial charge in [-0.2, -0.15) is 5.10 Å². The summed E-state index contributed by atoms with van der Waals surface area (Å²) in [6.45, 7) is 2.74. The lowest BCUT2D eigenvalue weighted by Crippen LogP contribution is -2.28. The van der Waals surface area contributed by atoms with Crippen LogP contribution in [0.1, 0.15) is 19.8 Å². The number of ether oxygens (including phenoxy) is 1. The molecule has 1 N–H and O–H groups in total. The van der Waals surface area contributed by atoms with Gasteiger partial charge in [0.1, 0.15) is 0 Å². The summed E-state index contributed by atoms with van der Waals surface area (Å²) in [5.41, 5.74) is 0. The van der Waals surface area contributed by atoms with Crippen molar-refractivity contribution < 1.29 is 9.53 Å². The first-order valence-electron chi connectivity index (χ1n) is 4.78. The first kappa shape index (κ1) is 9.05. The average molecular weight is 195 g/mol. The Hall–Kier alpha value is -1.52. The largest absolute Gasteiger partial charge is 0.412 e. The Balaban J connectivity index is 1.85. The van der Waals surface area contributed by atoms with Crippen LogP contribution in [0.3, 0.4) is 0 Å². The van der Waals surface area contributed by atoms with E-state index in [-0.39, 0.29) is 6.09 Å². The van der Waals surface area contributed by atoms with Gasteiger partial charge >= 0.3 is 6.09 Å².